The second-order valence-corrected chi connectivity index (χ2v) is 4.80. The molecule has 0 aliphatic carbocycles. The summed E-state index contributed by atoms with van der Waals surface area (Å²) in [4.78, 5) is 27.4. The molecular formula is C12H15FN2O3. The predicted octanol–water partition coefficient (Wildman–Crippen LogP) is 1.55. The third-order valence-corrected chi connectivity index (χ3v) is 2.34. The van der Waals surface area contributed by atoms with E-state index in [1.165, 1.54) is 18.3 Å². The second-order valence-electron chi connectivity index (χ2n) is 4.80. The van der Waals surface area contributed by atoms with Gasteiger partial charge in [-0.05, 0) is 32.9 Å². The van der Waals surface area contributed by atoms with Crippen molar-refractivity contribution in [3.8, 4) is 0 Å². The Bertz CT molecular complexity index is 469. The lowest BCUT2D eigenvalue weighted by Gasteiger charge is -2.34. The average Bonchev–Trinajstić information content (AvgIpc) is 2.24. The first-order valence-corrected chi connectivity index (χ1v) is 5.37. The first-order chi connectivity index (χ1) is 8.23. The van der Waals surface area contributed by atoms with Crippen LogP contribution < -0.4 is 0 Å². The summed E-state index contributed by atoms with van der Waals surface area (Å²) >= 11 is 0. The Labute approximate surface area is 104 Å². The molecule has 0 aromatic carbocycles. The quantitative estimate of drug-likeness (QED) is 0.831. The summed E-state index contributed by atoms with van der Waals surface area (Å²) < 4.78 is 13.4. The highest BCUT2D eigenvalue weighted by molar-refractivity contribution is 5.96. The molecule has 0 unspecified atom stereocenters. The molecule has 0 aliphatic rings. The number of nitrogens with zero attached hydrogens (tertiary/aromatic N) is 2. The van der Waals surface area contributed by atoms with Crippen LogP contribution in [-0.2, 0) is 4.79 Å². The molecule has 6 heteroatoms. The molecule has 5 nitrogen and oxygen atoms in total. The summed E-state index contributed by atoms with van der Waals surface area (Å²) in [5.41, 5.74) is -0.953. The lowest BCUT2D eigenvalue weighted by Crippen LogP contribution is -2.48. The van der Waals surface area contributed by atoms with E-state index in [4.69, 9.17) is 5.11 Å². The van der Waals surface area contributed by atoms with Crippen molar-refractivity contribution in [1.29, 1.82) is 0 Å². The maximum Gasteiger partial charge on any atom is 0.323 e. The van der Waals surface area contributed by atoms with E-state index in [1.807, 2.05) is 0 Å². The molecule has 0 aliphatic heterocycles. The zero-order chi connectivity index (χ0) is 13.9. The van der Waals surface area contributed by atoms with Crippen LogP contribution in [0.5, 0.6) is 0 Å². The predicted molar refractivity (Wildman–Crippen MR) is 62.6 cm³/mol. The van der Waals surface area contributed by atoms with Crippen molar-refractivity contribution < 1.29 is 19.1 Å². The molecule has 0 bridgehead atoms. The molecule has 0 atom stereocenters. The lowest BCUT2D eigenvalue weighted by atomic mass is 10.0. The minimum absolute atomic E-state index is 0.228. The van der Waals surface area contributed by atoms with Gasteiger partial charge in [-0.3, -0.25) is 9.59 Å². The van der Waals surface area contributed by atoms with E-state index in [0.29, 0.717) is 0 Å². The van der Waals surface area contributed by atoms with Gasteiger partial charge in [-0.15, -0.1) is 0 Å². The van der Waals surface area contributed by atoms with Crippen molar-refractivity contribution in [2.45, 2.75) is 26.3 Å². The maximum absolute atomic E-state index is 13.4. The first kappa shape index (κ1) is 14.1. The number of carbonyl (C=O) groups is 2. The number of hydrogen-bond acceptors (Lipinski definition) is 3. The molecule has 1 N–H and O–H groups in total. The SMILES string of the molecule is CC(C)(C)N(CC(=O)O)C(=O)c1cccnc1F. The number of halogens is 1. The number of carboxylic acids is 1. The molecule has 0 spiro atoms. The van der Waals surface area contributed by atoms with Crippen LogP contribution in [0.2, 0.25) is 0 Å². The van der Waals surface area contributed by atoms with Crippen LogP contribution in [0, 0.1) is 5.95 Å². The zero-order valence-electron chi connectivity index (χ0n) is 10.5. The largest absolute Gasteiger partial charge is 0.480 e. The number of rotatable bonds is 3. The Morgan fingerprint density at radius 3 is 2.50 bits per heavy atom. The fourth-order valence-corrected chi connectivity index (χ4v) is 1.44. The van der Waals surface area contributed by atoms with Crippen LogP contribution in [-0.4, -0.2) is 39.0 Å². The molecule has 0 saturated heterocycles. The summed E-state index contributed by atoms with van der Waals surface area (Å²) in [5, 5.41) is 8.81. The van der Waals surface area contributed by atoms with E-state index in [1.54, 1.807) is 20.8 Å². The van der Waals surface area contributed by atoms with Gasteiger partial charge in [0.1, 0.15) is 6.54 Å². The van der Waals surface area contributed by atoms with Crippen LogP contribution in [0.3, 0.4) is 0 Å². The van der Waals surface area contributed by atoms with E-state index < -0.39 is 29.9 Å². The van der Waals surface area contributed by atoms with E-state index in [9.17, 15) is 14.0 Å². The number of hydrogen-bond donors (Lipinski definition) is 1. The van der Waals surface area contributed by atoms with Crippen LogP contribution in [0.15, 0.2) is 18.3 Å². The highest BCUT2D eigenvalue weighted by atomic mass is 19.1. The maximum atomic E-state index is 13.4. The van der Waals surface area contributed by atoms with Gasteiger partial charge in [0.05, 0.1) is 5.56 Å². The van der Waals surface area contributed by atoms with E-state index >= 15 is 0 Å². The van der Waals surface area contributed by atoms with Gasteiger partial charge in [-0.1, -0.05) is 0 Å². The fraction of sp³-hybridized carbons (Fsp3) is 0.417. The summed E-state index contributed by atoms with van der Waals surface area (Å²) in [6, 6.07) is 2.71. The van der Waals surface area contributed by atoms with Crippen molar-refractivity contribution in [2.24, 2.45) is 0 Å². The molecule has 1 heterocycles. The highest BCUT2D eigenvalue weighted by Gasteiger charge is 2.30. The molecule has 1 rings (SSSR count). The summed E-state index contributed by atoms with van der Waals surface area (Å²) in [6.45, 7) is 4.56. The Balaban J connectivity index is 3.11. The van der Waals surface area contributed by atoms with Crippen LogP contribution in [0.1, 0.15) is 31.1 Å². The molecule has 18 heavy (non-hydrogen) atoms. The minimum atomic E-state index is -1.15. The Hall–Kier alpha value is -1.98. The van der Waals surface area contributed by atoms with Crippen molar-refractivity contribution >= 4 is 11.9 Å². The Kier molecular flexibility index (Phi) is 4.00. The van der Waals surface area contributed by atoms with Gasteiger partial charge in [-0.2, -0.15) is 4.39 Å². The summed E-state index contributed by atoms with van der Waals surface area (Å²) in [6.07, 6.45) is 1.23. The van der Waals surface area contributed by atoms with Gasteiger partial charge < -0.3 is 10.0 Å². The standard InChI is InChI=1S/C12H15FN2O3/c1-12(2,3)15(7-9(16)17)11(18)8-5-4-6-14-10(8)13/h4-6H,7H2,1-3H3,(H,16,17). The fourth-order valence-electron chi connectivity index (χ4n) is 1.44. The molecular weight excluding hydrogens is 239 g/mol. The number of aromatic nitrogens is 1. The number of carbonyl (C=O) groups excluding carboxylic acids is 1. The number of aliphatic carboxylic acids is 1. The van der Waals surface area contributed by atoms with Gasteiger partial charge in [0.25, 0.3) is 5.91 Å². The Morgan fingerprint density at radius 2 is 2.06 bits per heavy atom. The number of pyridine rings is 1. The van der Waals surface area contributed by atoms with Crippen LogP contribution in [0.25, 0.3) is 0 Å². The highest BCUT2D eigenvalue weighted by Crippen LogP contribution is 2.18. The smallest absolute Gasteiger partial charge is 0.323 e. The second kappa shape index (κ2) is 5.12. The molecule has 1 aromatic heterocycles. The van der Waals surface area contributed by atoms with Gasteiger partial charge in [0.15, 0.2) is 0 Å². The monoisotopic (exact) mass is 254 g/mol. The van der Waals surface area contributed by atoms with Gasteiger partial charge in [-0.25, -0.2) is 4.98 Å². The van der Waals surface area contributed by atoms with Gasteiger partial charge in [0.2, 0.25) is 5.95 Å². The minimum Gasteiger partial charge on any atom is -0.480 e. The van der Waals surface area contributed by atoms with Gasteiger partial charge >= 0.3 is 5.97 Å². The lowest BCUT2D eigenvalue weighted by molar-refractivity contribution is -0.138. The van der Waals surface area contributed by atoms with Crippen molar-refractivity contribution in [3.05, 3.63) is 29.8 Å². The van der Waals surface area contributed by atoms with Gasteiger partial charge in [0, 0.05) is 11.7 Å². The average molecular weight is 254 g/mol. The zero-order valence-corrected chi connectivity index (χ0v) is 10.5. The molecule has 1 amide bonds. The molecule has 1 aromatic rings. The van der Waals surface area contributed by atoms with Crippen molar-refractivity contribution in [2.75, 3.05) is 6.54 Å². The first-order valence-electron chi connectivity index (χ1n) is 5.37. The summed E-state index contributed by atoms with van der Waals surface area (Å²) in [5.74, 6) is -2.74. The summed E-state index contributed by atoms with van der Waals surface area (Å²) in [7, 11) is 0. The van der Waals surface area contributed by atoms with E-state index in [0.717, 1.165) is 4.90 Å². The normalized spacial score (nSPS) is 11.1. The van der Waals surface area contributed by atoms with E-state index in [2.05, 4.69) is 4.98 Å². The molecule has 0 fully saturated rings. The molecule has 0 saturated carbocycles. The van der Waals surface area contributed by atoms with E-state index in [-0.39, 0.29) is 5.56 Å². The third kappa shape index (κ3) is 3.26. The number of amides is 1. The topological polar surface area (TPSA) is 70.5 Å². The number of carboxylic acid groups (broad SMARTS) is 1. The molecule has 0 radical (unpaired) electrons. The van der Waals surface area contributed by atoms with Crippen molar-refractivity contribution in [3.63, 3.8) is 0 Å². The van der Waals surface area contributed by atoms with Crippen molar-refractivity contribution in [1.82, 2.24) is 9.88 Å². The Morgan fingerprint density at radius 1 is 1.44 bits per heavy atom. The van der Waals surface area contributed by atoms with Crippen LogP contribution in [0.4, 0.5) is 4.39 Å². The molecule has 98 valence electrons. The third-order valence-electron chi connectivity index (χ3n) is 2.34. The van der Waals surface area contributed by atoms with Crippen LogP contribution >= 0.6 is 0 Å².